The van der Waals surface area contributed by atoms with Crippen LogP contribution >= 0.6 is 0 Å². The molecule has 0 aliphatic carbocycles. The molecule has 1 aromatic carbocycles. The fourth-order valence-corrected chi connectivity index (χ4v) is 3.14. The lowest BCUT2D eigenvalue weighted by Gasteiger charge is -2.29. The third-order valence-electron chi connectivity index (χ3n) is 4.64. The molecule has 5 heteroatoms. The Morgan fingerprint density at radius 2 is 2.00 bits per heavy atom. The lowest BCUT2D eigenvalue weighted by molar-refractivity contribution is 0.0655. The van der Waals surface area contributed by atoms with Crippen LogP contribution in [0.5, 0.6) is 0 Å². The minimum atomic E-state index is -0.00476. The zero-order valence-corrected chi connectivity index (χ0v) is 15.6. The van der Waals surface area contributed by atoms with Crippen LogP contribution in [0.2, 0.25) is 0 Å². The van der Waals surface area contributed by atoms with Gasteiger partial charge in [0, 0.05) is 25.2 Å². The van der Waals surface area contributed by atoms with Crippen LogP contribution in [-0.2, 0) is 20.0 Å². The highest BCUT2D eigenvalue weighted by molar-refractivity contribution is 5.92. The molecule has 2 aromatic heterocycles. The average molecular weight is 351 g/mol. The van der Waals surface area contributed by atoms with Crippen LogP contribution in [0.25, 0.3) is 0 Å². The van der Waals surface area contributed by atoms with Crippen molar-refractivity contribution in [1.82, 2.24) is 14.7 Å². The molecule has 0 bridgehead atoms. The number of carbonyl (C=O) groups excluding carboxylic acids is 1. The van der Waals surface area contributed by atoms with Crippen molar-refractivity contribution in [1.29, 1.82) is 0 Å². The van der Waals surface area contributed by atoms with Crippen LogP contribution in [0.3, 0.4) is 0 Å². The molecule has 0 radical (unpaired) electrons. The third-order valence-corrected chi connectivity index (χ3v) is 4.64. The van der Waals surface area contributed by atoms with Gasteiger partial charge < -0.3 is 9.32 Å². The van der Waals surface area contributed by atoms with E-state index in [0.29, 0.717) is 12.2 Å². The largest absolute Gasteiger partial charge is 0.472 e. The maximum Gasteiger partial charge on any atom is 0.272 e. The summed E-state index contributed by atoms with van der Waals surface area (Å²) in [5, 5.41) is 4.32. The number of carbonyl (C=O) groups is 1. The molecule has 0 aliphatic heterocycles. The molecular weight excluding hydrogens is 326 g/mol. The summed E-state index contributed by atoms with van der Waals surface area (Å²) in [6.45, 7) is 4.52. The molecule has 0 saturated heterocycles. The van der Waals surface area contributed by atoms with Gasteiger partial charge in [0.2, 0.25) is 0 Å². The van der Waals surface area contributed by atoms with Crippen LogP contribution in [0.15, 0.2) is 59.4 Å². The van der Waals surface area contributed by atoms with Gasteiger partial charge in [0.05, 0.1) is 18.2 Å². The van der Waals surface area contributed by atoms with Crippen LogP contribution in [-0.4, -0.2) is 26.6 Å². The van der Waals surface area contributed by atoms with Crippen molar-refractivity contribution < 1.29 is 9.21 Å². The first-order valence-electron chi connectivity index (χ1n) is 8.91. The van der Waals surface area contributed by atoms with E-state index in [1.807, 2.05) is 49.2 Å². The van der Waals surface area contributed by atoms with Gasteiger partial charge in [-0.25, -0.2) is 0 Å². The van der Waals surface area contributed by atoms with Gasteiger partial charge >= 0.3 is 0 Å². The Kier molecular flexibility index (Phi) is 5.56. The van der Waals surface area contributed by atoms with E-state index in [-0.39, 0.29) is 11.9 Å². The van der Waals surface area contributed by atoms with Crippen molar-refractivity contribution in [3.05, 3.63) is 77.5 Å². The standard InChI is InChI=1S/C21H25N3O2/c1-16-13-20(23(3)22-16)21(25)24(14-19-11-12-26-15-19)17(2)9-10-18-7-5-4-6-8-18/h4-8,11-13,15,17H,9-10,14H2,1-3H3/t17-/m0/s1. The number of furan rings is 1. The molecule has 1 amide bonds. The molecule has 26 heavy (non-hydrogen) atoms. The predicted molar refractivity (Wildman–Crippen MR) is 101 cm³/mol. The molecule has 1 atom stereocenters. The first-order chi connectivity index (χ1) is 12.5. The molecule has 0 fully saturated rings. The van der Waals surface area contributed by atoms with Gasteiger partial charge in [-0.15, -0.1) is 0 Å². The maximum atomic E-state index is 13.2. The summed E-state index contributed by atoms with van der Waals surface area (Å²) in [7, 11) is 1.81. The van der Waals surface area contributed by atoms with Gasteiger partial charge in [-0.2, -0.15) is 5.10 Å². The summed E-state index contributed by atoms with van der Waals surface area (Å²) < 4.78 is 6.84. The fourth-order valence-electron chi connectivity index (χ4n) is 3.14. The Hall–Kier alpha value is -2.82. The molecular formula is C21H25N3O2. The summed E-state index contributed by atoms with van der Waals surface area (Å²) in [6.07, 6.45) is 5.16. The summed E-state index contributed by atoms with van der Waals surface area (Å²) in [4.78, 5) is 15.1. The van der Waals surface area contributed by atoms with E-state index in [1.165, 1.54) is 5.56 Å². The number of hydrogen-bond acceptors (Lipinski definition) is 3. The van der Waals surface area contributed by atoms with Gasteiger partial charge in [-0.3, -0.25) is 9.48 Å². The van der Waals surface area contributed by atoms with E-state index in [9.17, 15) is 4.79 Å². The quantitative estimate of drug-likeness (QED) is 0.647. The Morgan fingerprint density at radius 1 is 1.23 bits per heavy atom. The predicted octanol–water partition coefficient (Wildman–Crippen LogP) is 3.99. The number of amides is 1. The Morgan fingerprint density at radius 3 is 2.62 bits per heavy atom. The summed E-state index contributed by atoms with van der Waals surface area (Å²) in [6, 6.07) is 14.2. The fraction of sp³-hybridized carbons (Fsp3) is 0.333. The highest BCUT2D eigenvalue weighted by atomic mass is 16.3. The van der Waals surface area contributed by atoms with Gasteiger partial charge in [0.25, 0.3) is 5.91 Å². The van der Waals surface area contributed by atoms with Gasteiger partial charge in [0.1, 0.15) is 5.69 Å². The average Bonchev–Trinajstić information content (AvgIpc) is 3.27. The van der Waals surface area contributed by atoms with Gasteiger partial charge in [0.15, 0.2) is 0 Å². The molecule has 5 nitrogen and oxygen atoms in total. The molecule has 0 N–H and O–H groups in total. The van der Waals surface area contributed by atoms with Gasteiger partial charge in [-0.05, 0) is 44.4 Å². The van der Waals surface area contributed by atoms with Crippen molar-refractivity contribution in [2.45, 2.75) is 39.3 Å². The molecule has 136 valence electrons. The second-order valence-corrected chi connectivity index (χ2v) is 6.73. The number of rotatable bonds is 7. The number of aryl methyl sites for hydroxylation is 3. The Bertz CT molecular complexity index is 838. The topological polar surface area (TPSA) is 51.3 Å². The zero-order valence-electron chi connectivity index (χ0n) is 15.6. The molecule has 2 heterocycles. The van der Waals surface area contributed by atoms with Crippen LogP contribution in [0.1, 0.15) is 40.7 Å². The number of nitrogens with zero attached hydrogens (tertiary/aromatic N) is 3. The van der Waals surface area contributed by atoms with E-state index >= 15 is 0 Å². The minimum absolute atomic E-state index is 0.00476. The summed E-state index contributed by atoms with van der Waals surface area (Å²) in [5.41, 5.74) is 3.73. The highest BCUT2D eigenvalue weighted by Gasteiger charge is 2.24. The van der Waals surface area contributed by atoms with Crippen molar-refractivity contribution in [2.75, 3.05) is 0 Å². The first-order valence-corrected chi connectivity index (χ1v) is 8.91. The first kappa shape index (κ1) is 18.0. The molecule has 0 spiro atoms. The molecule has 0 saturated carbocycles. The molecule has 0 unspecified atom stereocenters. The van der Waals surface area contributed by atoms with E-state index in [2.05, 4.69) is 24.2 Å². The number of aromatic nitrogens is 2. The van der Waals surface area contributed by atoms with Crippen LogP contribution in [0.4, 0.5) is 0 Å². The highest BCUT2D eigenvalue weighted by Crippen LogP contribution is 2.18. The smallest absolute Gasteiger partial charge is 0.272 e. The van der Waals surface area contributed by atoms with Gasteiger partial charge in [-0.1, -0.05) is 30.3 Å². The second kappa shape index (κ2) is 8.04. The Balaban J connectivity index is 1.78. The normalized spacial score (nSPS) is 12.1. The number of benzene rings is 1. The Labute approximate surface area is 154 Å². The molecule has 0 aliphatic rings. The monoisotopic (exact) mass is 351 g/mol. The maximum absolute atomic E-state index is 13.2. The van der Waals surface area contributed by atoms with Crippen LogP contribution in [0, 0.1) is 6.92 Å². The van der Waals surface area contributed by atoms with Crippen molar-refractivity contribution in [3.63, 3.8) is 0 Å². The van der Waals surface area contributed by atoms with E-state index in [0.717, 1.165) is 24.1 Å². The van der Waals surface area contributed by atoms with Crippen molar-refractivity contribution >= 4 is 5.91 Å². The second-order valence-electron chi connectivity index (χ2n) is 6.73. The van der Waals surface area contributed by atoms with Crippen molar-refractivity contribution in [3.8, 4) is 0 Å². The van der Waals surface area contributed by atoms with Crippen LogP contribution < -0.4 is 0 Å². The lowest BCUT2D eigenvalue weighted by atomic mass is 10.0. The van der Waals surface area contributed by atoms with E-state index in [4.69, 9.17) is 4.42 Å². The van der Waals surface area contributed by atoms with E-state index < -0.39 is 0 Å². The zero-order chi connectivity index (χ0) is 18.5. The molecule has 3 aromatic rings. The lowest BCUT2D eigenvalue weighted by Crippen LogP contribution is -2.39. The summed E-state index contributed by atoms with van der Waals surface area (Å²) >= 11 is 0. The third kappa shape index (κ3) is 4.23. The summed E-state index contributed by atoms with van der Waals surface area (Å²) in [5.74, 6) is -0.00476. The molecule has 3 rings (SSSR count). The minimum Gasteiger partial charge on any atom is -0.472 e. The van der Waals surface area contributed by atoms with E-state index in [1.54, 1.807) is 17.2 Å². The van der Waals surface area contributed by atoms with Crippen molar-refractivity contribution in [2.24, 2.45) is 7.05 Å². The SMILES string of the molecule is Cc1cc(C(=O)N(Cc2ccoc2)[C@@H](C)CCc2ccccc2)n(C)n1. The number of hydrogen-bond donors (Lipinski definition) is 0.